The average Bonchev–Trinajstić information content (AvgIpc) is 3.85. The van der Waals surface area contributed by atoms with Crippen molar-refractivity contribution >= 4 is 52.3 Å². The number of aliphatic hydroxyl groups is 2. The SMILES string of the molecule is C[C@H]1CCC(=O)NCCCC[C@@H]([C@@H](N)O)NC(=O)[C@H](Cc2c[nH]c3ccccc23)NC(=O)[C@H](CCCNC(=N)N)NC(=O)[C@@H](Cc2ccccc2)NC(=O)[C@@H]2C[C@@H](O)CN2C1=O. The first-order chi connectivity index (χ1) is 29.7. The molecule has 19 heteroatoms. The van der Waals surface area contributed by atoms with E-state index >= 15 is 0 Å². The number of hydrogen-bond donors (Lipinski definition) is 12. The van der Waals surface area contributed by atoms with Crippen molar-refractivity contribution in [1.29, 1.82) is 5.41 Å². The van der Waals surface area contributed by atoms with E-state index in [9.17, 15) is 39.0 Å². The summed E-state index contributed by atoms with van der Waals surface area (Å²) in [6, 6.07) is 10.6. The van der Waals surface area contributed by atoms with E-state index in [1.165, 1.54) is 4.90 Å². The zero-order chi connectivity index (χ0) is 44.8. The fourth-order valence-electron chi connectivity index (χ4n) is 7.88. The number of aromatic nitrogens is 1. The van der Waals surface area contributed by atoms with Crippen molar-refractivity contribution in [2.75, 3.05) is 19.6 Å². The Morgan fingerprint density at radius 3 is 2.27 bits per heavy atom. The second-order valence-corrected chi connectivity index (χ2v) is 16.2. The molecule has 2 aliphatic rings. The van der Waals surface area contributed by atoms with Crippen LogP contribution in [-0.2, 0) is 41.6 Å². The molecule has 3 aromatic rings. The Morgan fingerprint density at radius 1 is 0.871 bits per heavy atom. The molecule has 2 saturated heterocycles. The number of aliphatic hydroxyl groups excluding tert-OH is 2. The van der Waals surface area contributed by atoms with Gasteiger partial charge in [0, 0.05) is 68.3 Å². The molecule has 2 aromatic carbocycles. The monoisotopic (exact) mass is 859 g/mol. The number of carbonyl (C=O) groups is 6. The van der Waals surface area contributed by atoms with Crippen LogP contribution in [0.15, 0.2) is 60.8 Å². The Morgan fingerprint density at radius 2 is 1.53 bits per heavy atom. The van der Waals surface area contributed by atoms with E-state index in [0.717, 1.165) is 10.9 Å². The van der Waals surface area contributed by atoms with Crippen molar-refractivity contribution in [2.45, 2.75) is 114 Å². The summed E-state index contributed by atoms with van der Waals surface area (Å²) in [6.45, 7) is 2.02. The Bertz CT molecular complexity index is 2030. The lowest BCUT2D eigenvalue weighted by molar-refractivity contribution is -0.142. The van der Waals surface area contributed by atoms with Gasteiger partial charge in [0.25, 0.3) is 0 Å². The molecule has 6 amide bonds. The molecule has 2 aliphatic heterocycles. The van der Waals surface area contributed by atoms with Gasteiger partial charge in [0.2, 0.25) is 35.4 Å². The molecule has 0 aliphatic carbocycles. The minimum Gasteiger partial charge on any atom is -0.391 e. The van der Waals surface area contributed by atoms with E-state index < -0.39 is 78.0 Å². The molecule has 0 saturated carbocycles. The minimum atomic E-state index is -1.45. The Hall–Kier alpha value is -6.05. The van der Waals surface area contributed by atoms with Crippen molar-refractivity contribution in [3.63, 3.8) is 0 Å². The number of nitrogens with zero attached hydrogens (tertiary/aromatic N) is 1. The molecule has 0 radical (unpaired) electrons. The van der Waals surface area contributed by atoms with E-state index in [1.807, 2.05) is 24.3 Å². The molecule has 0 unspecified atom stereocenters. The number of carbonyl (C=O) groups excluding carboxylic acids is 6. The van der Waals surface area contributed by atoms with Crippen LogP contribution in [0, 0.1) is 11.3 Å². The van der Waals surface area contributed by atoms with Crippen LogP contribution >= 0.6 is 0 Å². The van der Waals surface area contributed by atoms with Gasteiger partial charge in [-0.15, -0.1) is 0 Å². The predicted molar refractivity (Wildman–Crippen MR) is 231 cm³/mol. The first-order valence-corrected chi connectivity index (χ1v) is 21.3. The maximum absolute atomic E-state index is 14.4. The van der Waals surface area contributed by atoms with Gasteiger partial charge in [-0.3, -0.25) is 34.2 Å². The number of guanidine groups is 1. The molecule has 0 bridgehead atoms. The first-order valence-electron chi connectivity index (χ1n) is 21.3. The van der Waals surface area contributed by atoms with Gasteiger partial charge >= 0.3 is 0 Å². The Kier molecular flexibility index (Phi) is 17.2. The standard InChI is InChI=1S/C43H61N11O8/c1-25-16-17-36(56)47-18-8-7-14-31(37(44)57)50-40(60)34(21-27-23-49-30-13-6-5-12-29(27)30)52-38(58)32(15-9-19-48-43(45)46)51-39(59)33(20-26-10-3-2-4-11-26)53-41(61)35-22-28(55)24-54(35)42(25)62/h2-6,10-13,23,25,28,31-35,37,49,55,57H,7-9,14-22,24,44H2,1H3,(H,47,56)(H,50,60)(H,51,59)(H,52,58)(H,53,61)(H4,45,46,48)/t25-,28+,31-,32-,33+,34-,35-,37-/m0/s1. The third-order valence-electron chi connectivity index (χ3n) is 11.4. The topological polar surface area (TPSA) is 310 Å². The smallest absolute Gasteiger partial charge is 0.243 e. The highest BCUT2D eigenvalue weighted by atomic mass is 16.3. The third-order valence-corrected chi connectivity index (χ3v) is 11.4. The molecule has 62 heavy (non-hydrogen) atoms. The number of hydrogen-bond acceptors (Lipinski definition) is 10. The van der Waals surface area contributed by atoms with Gasteiger partial charge in [-0.1, -0.05) is 55.5 Å². The largest absolute Gasteiger partial charge is 0.391 e. The fourth-order valence-corrected chi connectivity index (χ4v) is 7.88. The van der Waals surface area contributed by atoms with Gasteiger partial charge < -0.3 is 63.5 Å². The van der Waals surface area contributed by atoms with Crippen LogP contribution in [0.4, 0.5) is 0 Å². The second kappa shape index (κ2) is 22.7. The number of H-pyrrole nitrogens is 1. The summed E-state index contributed by atoms with van der Waals surface area (Å²) in [5.41, 5.74) is 13.6. The van der Waals surface area contributed by atoms with Crippen LogP contribution in [0.5, 0.6) is 0 Å². The number of rotatable bonds is 9. The van der Waals surface area contributed by atoms with Gasteiger partial charge in [0.15, 0.2) is 5.96 Å². The van der Waals surface area contributed by atoms with Crippen LogP contribution in [0.1, 0.15) is 69.4 Å². The highest BCUT2D eigenvalue weighted by Crippen LogP contribution is 2.24. The van der Waals surface area contributed by atoms with Crippen LogP contribution in [0.25, 0.3) is 10.9 Å². The van der Waals surface area contributed by atoms with Crippen LogP contribution in [-0.4, -0.2) is 124 Å². The molecular weight excluding hydrogens is 799 g/mol. The lowest BCUT2D eigenvalue weighted by Gasteiger charge is -2.29. The summed E-state index contributed by atoms with van der Waals surface area (Å²) in [5, 5.41) is 46.3. The average molecular weight is 860 g/mol. The molecule has 5 rings (SSSR count). The van der Waals surface area contributed by atoms with Crippen molar-refractivity contribution in [2.24, 2.45) is 17.4 Å². The normalized spacial score (nSPS) is 25.9. The van der Waals surface area contributed by atoms with Crippen molar-refractivity contribution < 1.29 is 39.0 Å². The molecule has 1 aromatic heterocycles. The van der Waals surface area contributed by atoms with Gasteiger partial charge in [-0.25, -0.2) is 0 Å². The van der Waals surface area contributed by atoms with Gasteiger partial charge in [-0.05, 0) is 55.7 Å². The number of fused-ring (bicyclic) bond motifs is 2. The van der Waals surface area contributed by atoms with Crippen molar-refractivity contribution in [1.82, 2.24) is 41.8 Å². The number of amides is 6. The lowest BCUT2D eigenvalue weighted by Crippen LogP contribution is -2.60. The van der Waals surface area contributed by atoms with E-state index in [1.54, 1.807) is 43.5 Å². The summed E-state index contributed by atoms with van der Waals surface area (Å²) in [4.78, 5) is 87.9. The molecule has 14 N–H and O–H groups in total. The summed E-state index contributed by atoms with van der Waals surface area (Å²) in [6.07, 6.45) is 0.931. The highest BCUT2D eigenvalue weighted by Gasteiger charge is 2.42. The fraction of sp³-hybridized carbons (Fsp3) is 0.512. The summed E-state index contributed by atoms with van der Waals surface area (Å²) < 4.78 is 0. The molecule has 2 fully saturated rings. The van der Waals surface area contributed by atoms with Crippen LogP contribution in [0.3, 0.4) is 0 Å². The van der Waals surface area contributed by atoms with Crippen LogP contribution in [0.2, 0.25) is 0 Å². The van der Waals surface area contributed by atoms with Gasteiger partial charge in [0.05, 0.1) is 12.1 Å². The second-order valence-electron chi connectivity index (χ2n) is 16.2. The molecule has 19 nitrogen and oxygen atoms in total. The van der Waals surface area contributed by atoms with Crippen molar-refractivity contribution in [3.05, 3.63) is 71.9 Å². The van der Waals surface area contributed by atoms with E-state index in [0.29, 0.717) is 30.5 Å². The highest BCUT2D eigenvalue weighted by molar-refractivity contribution is 5.96. The molecular formula is C43H61N11O8. The van der Waals surface area contributed by atoms with Gasteiger partial charge in [-0.2, -0.15) is 0 Å². The maximum Gasteiger partial charge on any atom is 0.243 e. The predicted octanol–water partition coefficient (Wildman–Crippen LogP) is -0.889. The lowest BCUT2D eigenvalue weighted by atomic mass is 10.0. The molecule has 8 atom stereocenters. The third kappa shape index (κ3) is 13.5. The summed E-state index contributed by atoms with van der Waals surface area (Å²) in [7, 11) is 0. The Balaban J connectivity index is 1.48. The molecule has 3 heterocycles. The number of benzene rings is 2. The van der Waals surface area contributed by atoms with E-state index in [2.05, 4.69) is 36.9 Å². The number of nitrogens with one attached hydrogen (secondary N) is 8. The number of aromatic amines is 1. The van der Waals surface area contributed by atoms with E-state index in [4.69, 9.17) is 16.9 Å². The molecule has 0 spiro atoms. The minimum absolute atomic E-state index is 0.00176. The number of para-hydroxylation sites is 1. The van der Waals surface area contributed by atoms with Crippen molar-refractivity contribution in [3.8, 4) is 0 Å². The van der Waals surface area contributed by atoms with Crippen LogP contribution < -0.4 is 43.4 Å². The number of nitrogens with two attached hydrogens (primary N) is 2. The van der Waals surface area contributed by atoms with Gasteiger partial charge in [0.1, 0.15) is 30.4 Å². The zero-order valence-electron chi connectivity index (χ0n) is 35.0. The Labute approximate surface area is 360 Å². The summed E-state index contributed by atoms with van der Waals surface area (Å²) >= 11 is 0. The summed E-state index contributed by atoms with van der Waals surface area (Å²) in [5.74, 6) is -4.40. The first kappa shape index (κ1) is 47.0. The zero-order valence-corrected chi connectivity index (χ0v) is 35.0. The van der Waals surface area contributed by atoms with E-state index in [-0.39, 0.29) is 76.3 Å². The quantitative estimate of drug-likeness (QED) is 0.0542. The maximum atomic E-state index is 14.4. The molecule has 336 valence electrons.